The number of rotatable bonds is 0. The summed E-state index contributed by atoms with van der Waals surface area (Å²) in [6.45, 7) is 2.30. The van der Waals surface area contributed by atoms with Gasteiger partial charge in [-0.15, -0.1) is 0 Å². The van der Waals surface area contributed by atoms with Crippen LogP contribution in [0.25, 0.3) is 16.8 Å². The molecule has 8 heteroatoms. The number of alkyl halides is 1. The molecule has 3 unspecified atom stereocenters. The zero-order chi connectivity index (χ0) is 24.1. The molecule has 1 saturated carbocycles. The first-order valence-corrected chi connectivity index (χ1v) is 12.5. The van der Waals surface area contributed by atoms with Crippen LogP contribution in [-0.4, -0.2) is 52.6 Å². The Balaban J connectivity index is 1.51. The highest BCUT2D eigenvalue weighted by atomic mass is 79.9. The number of allylic oxidation sites excluding steroid dienone is 2. The third-order valence-corrected chi connectivity index (χ3v) is 7.73. The Morgan fingerprint density at radius 3 is 2.97 bits per heavy atom. The molecule has 1 fully saturated rings. The van der Waals surface area contributed by atoms with Gasteiger partial charge in [-0.2, -0.15) is 5.26 Å². The largest absolute Gasteiger partial charge is 0.489 e. The second-order valence-corrected chi connectivity index (χ2v) is 9.94. The number of fused-ring (bicyclic) bond motifs is 5. The van der Waals surface area contributed by atoms with Crippen LogP contribution in [0.1, 0.15) is 37.3 Å². The molecule has 0 N–H and O–H groups in total. The molecule has 3 atom stereocenters. The highest BCUT2D eigenvalue weighted by molar-refractivity contribution is 9.09. The summed E-state index contributed by atoms with van der Waals surface area (Å²) in [5.41, 5.74) is 4.32. The molecule has 7 bridgehead atoms. The Morgan fingerprint density at radius 1 is 1.26 bits per heavy atom. The van der Waals surface area contributed by atoms with Crippen LogP contribution < -0.4 is 4.74 Å². The summed E-state index contributed by atoms with van der Waals surface area (Å²) in [4.78, 5) is 29.4. The van der Waals surface area contributed by atoms with Crippen molar-refractivity contribution in [2.24, 2.45) is 15.0 Å². The van der Waals surface area contributed by atoms with E-state index < -0.39 is 0 Å². The fraction of sp³-hybridized carbons (Fsp3) is 0.296. The second kappa shape index (κ2) is 8.67. The molecular formula is C27H22BrN5O2. The molecule has 0 amide bonds. The Kier molecular flexibility index (Phi) is 5.47. The zero-order valence-electron chi connectivity index (χ0n) is 19.1. The van der Waals surface area contributed by atoms with E-state index in [9.17, 15) is 10.1 Å². The van der Waals surface area contributed by atoms with E-state index in [1.807, 2.05) is 49.6 Å². The number of nitrogens with zero attached hydrogens (tertiary/aromatic N) is 5. The minimum absolute atomic E-state index is 0.0593. The number of ketones is 1. The van der Waals surface area contributed by atoms with Crippen molar-refractivity contribution in [3.8, 4) is 11.8 Å². The van der Waals surface area contributed by atoms with Crippen molar-refractivity contribution in [2.45, 2.75) is 43.3 Å². The Labute approximate surface area is 211 Å². The number of aliphatic imine (C=N–C) groups is 3. The molecule has 35 heavy (non-hydrogen) atoms. The van der Waals surface area contributed by atoms with Crippen molar-refractivity contribution in [2.75, 3.05) is 6.61 Å². The number of nitriles is 1. The lowest BCUT2D eigenvalue weighted by molar-refractivity contribution is -0.118. The molecule has 5 aliphatic rings. The topological polar surface area (TPSA) is 90.4 Å². The van der Waals surface area contributed by atoms with E-state index in [0.717, 1.165) is 34.0 Å². The molecule has 2 aromatic carbocycles. The van der Waals surface area contributed by atoms with Gasteiger partial charge in [-0.05, 0) is 82.6 Å². The molecule has 0 spiro atoms. The summed E-state index contributed by atoms with van der Waals surface area (Å²) in [6.07, 6.45) is 9.38. The van der Waals surface area contributed by atoms with Gasteiger partial charge in [0, 0.05) is 29.8 Å². The van der Waals surface area contributed by atoms with Gasteiger partial charge in [-0.3, -0.25) is 24.7 Å². The van der Waals surface area contributed by atoms with Gasteiger partial charge in [0.25, 0.3) is 0 Å². The first kappa shape index (κ1) is 22.1. The summed E-state index contributed by atoms with van der Waals surface area (Å²) in [5, 5.41) is 11.5. The van der Waals surface area contributed by atoms with E-state index in [4.69, 9.17) is 14.7 Å². The summed E-state index contributed by atoms with van der Waals surface area (Å²) in [7, 11) is 0. The van der Waals surface area contributed by atoms with E-state index >= 15 is 0 Å². The number of carbonyl (C=O) groups excluding carboxylic acids is 1. The lowest BCUT2D eigenvalue weighted by Crippen LogP contribution is -2.48. The lowest BCUT2D eigenvalue weighted by atomic mass is 9.88. The van der Waals surface area contributed by atoms with Gasteiger partial charge in [-0.25, -0.2) is 0 Å². The zero-order valence-corrected chi connectivity index (χ0v) is 20.7. The molecule has 7 nitrogen and oxygen atoms in total. The third-order valence-electron chi connectivity index (χ3n) is 7.06. The molecule has 1 aliphatic carbocycles. The van der Waals surface area contributed by atoms with Crippen LogP contribution in [0, 0.1) is 11.3 Å². The van der Waals surface area contributed by atoms with E-state index in [1.54, 1.807) is 6.21 Å². The highest BCUT2D eigenvalue weighted by Crippen LogP contribution is 2.38. The van der Waals surface area contributed by atoms with E-state index in [0.29, 0.717) is 42.1 Å². The number of carbonyl (C=O) groups is 1. The summed E-state index contributed by atoms with van der Waals surface area (Å²) < 4.78 is 5.99. The molecule has 4 aliphatic heterocycles. The molecule has 0 saturated heterocycles. The van der Waals surface area contributed by atoms with Crippen molar-refractivity contribution in [1.29, 1.82) is 5.26 Å². The summed E-state index contributed by atoms with van der Waals surface area (Å²) in [6, 6.07) is 10.0. The predicted molar refractivity (Wildman–Crippen MR) is 141 cm³/mol. The monoisotopic (exact) mass is 527 g/mol. The van der Waals surface area contributed by atoms with Crippen LogP contribution in [0.4, 0.5) is 5.69 Å². The van der Waals surface area contributed by atoms with Gasteiger partial charge in [0.05, 0.1) is 29.2 Å². The maximum atomic E-state index is 13.0. The maximum Gasteiger partial charge on any atom is 0.160 e. The number of hydrogen-bond donors (Lipinski definition) is 0. The van der Waals surface area contributed by atoms with Crippen LogP contribution in [0.5, 0.6) is 5.75 Å². The number of hydrogen-bond acceptors (Lipinski definition) is 7. The summed E-state index contributed by atoms with van der Waals surface area (Å²) >= 11 is 3.68. The Bertz CT molecular complexity index is 1460. The smallest absolute Gasteiger partial charge is 0.160 e. The Hall–Kier alpha value is -3.41. The molecule has 2 aromatic rings. The average molecular weight is 528 g/mol. The molecule has 4 heterocycles. The van der Waals surface area contributed by atoms with Crippen LogP contribution in [0.15, 0.2) is 56.6 Å². The lowest BCUT2D eigenvalue weighted by Gasteiger charge is -2.35. The van der Waals surface area contributed by atoms with Gasteiger partial charge >= 0.3 is 0 Å². The first-order chi connectivity index (χ1) is 17.0. The molecule has 0 radical (unpaired) electrons. The number of ether oxygens (including phenoxy) is 1. The number of halogens is 1. The van der Waals surface area contributed by atoms with Crippen molar-refractivity contribution >= 4 is 62.4 Å². The molecule has 7 rings (SSSR count). The normalized spacial score (nSPS) is 25.7. The van der Waals surface area contributed by atoms with Crippen molar-refractivity contribution < 1.29 is 9.53 Å². The van der Waals surface area contributed by atoms with Crippen LogP contribution >= 0.6 is 15.9 Å². The Morgan fingerprint density at radius 2 is 2.14 bits per heavy atom. The average Bonchev–Trinajstić information content (AvgIpc) is 3.05. The first-order valence-electron chi connectivity index (χ1n) is 11.6. The van der Waals surface area contributed by atoms with Gasteiger partial charge in [0.1, 0.15) is 18.4 Å². The molecule has 174 valence electrons. The third kappa shape index (κ3) is 3.85. The van der Waals surface area contributed by atoms with Gasteiger partial charge in [-0.1, -0.05) is 6.07 Å². The molecule has 0 aromatic heterocycles. The molecular weight excluding hydrogens is 506 g/mol. The van der Waals surface area contributed by atoms with E-state index in [1.165, 1.54) is 0 Å². The van der Waals surface area contributed by atoms with E-state index in [2.05, 4.69) is 31.9 Å². The minimum atomic E-state index is -0.203. The van der Waals surface area contributed by atoms with Crippen LogP contribution in [0.3, 0.4) is 0 Å². The highest BCUT2D eigenvalue weighted by Gasteiger charge is 2.39. The maximum absolute atomic E-state index is 13.0. The van der Waals surface area contributed by atoms with Crippen molar-refractivity contribution in [3.05, 3.63) is 52.7 Å². The van der Waals surface area contributed by atoms with E-state index in [-0.39, 0.29) is 22.9 Å². The van der Waals surface area contributed by atoms with Crippen LogP contribution in [-0.2, 0) is 4.79 Å². The minimum Gasteiger partial charge on any atom is -0.489 e. The fourth-order valence-electron chi connectivity index (χ4n) is 5.25. The van der Waals surface area contributed by atoms with Crippen LogP contribution in [0.2, 0.25) is 0 Å². The number of Topliss-reactive ketones (excluding diaryl/α,β-unsaturated/α-hetero) is 1. The SMILES string of the molecule is CC1=NC(Br)N2C3CCC(=CCOc4ccc5cc6c(C#N)c(c5c4)N=CC(=C6)N=CC12)C(=O)C3. The van der Waals surface area contributed by atoms with Crippen molar-refractivity contribution in [3.63, 3.8) is 0 Å². The summed E-state index contributed by atoms with van der Waals surface area (Å²) in [5.74, 6) is 0.827. The quantitative estimate of drug-likeness (QED) is 0.352. The fourth-order valence-corrected chi connectivity index (χ4v) is 6.16. The van der Waals surface area contributed by atoms with Gasteiger partial charge in [0.2, 0.25) is 0 Å². The van der Waals surface area contributed by atoms with Gasteiger partial charge in [0.15, 0.2) is 10.9 Å². The number of benzene rings is 2. The second-order valence-electron chi connectivity index (χ2n) is 9.12. The predicted octanol–water partition coefficient (Wildman–Crippen LogP) is 5.10. The standard InChI is InChI=1S/C27H22BrN5O2/c1-15-24-14-30-19-9-18-8-17-3-5-21(11-22(17)26(31-13-19)23(18)12-29)35-7-6-16-2-4-20(10-25(16)34)33(24)27(28)32-15/h3,5-6,8-9,11,13-14,20,24,27H,2,4,7,10H2,1H3. The van der Waals surface area contributed by atoms with Gasteiger partial charge < -0.3 is 4.74 Å². The van der Waals surface area contributed by atoms with Crippen molar-refractivity contribution in [1.82, 2.24) is 4.90 Å².